The van der Waals surface area contributed by atoms with Gasteiger partial charge in [0.25, 0.3) is 0 Å². The normalized spacial score (nSPS) is 12.4. The molecule has 0 fully saturated rings. The van der Waals surface area contributed by atoms with Crippen LogP contribution in [-0.2, 0) is 6.42 Å². The topological polar surface area (TPSA) is 38.0 Å². The van der Waals surface area contributed by atoms with E-state index in [1.807, 2.05) is 30.3 Å². The standard InChI is InChI=1S/C14H13BrClFN2/c15-11-6-10(7-13(17)8-11)14(19-18)5-9-1-3-12(16)4-2-9/h1-4,6-8,14,19H,5,18H2. The van der Waals surface area contributed by atoms with Crippen LogP contribution in [0.25, 0.3) is 0 Å². The molecule has 0 heterocycles. The summed E-state index contributed by atoms with van der Waals surface area (Å²) in [6, 6.07) is 12.1. The highest BCUT2D eigenvalue weighted by Crippen LogP contribution is 2.23. The predicted molar refractivity (Wildman–Crippen MR) is 79.3 cm³/mol. The van der Waals surface area contributed by atoms with Gasteiger partial charge in [-0.15, -0.1) is 0 Å². The molecule has 2 rings (SSSR count). The Hall–Kier alpha value is -0.940. The van der Waals surface area contributed by atoms with E-state index in [4.69, 9.17) is 17.4 Å². The highest BCUT2D eigenvalue weighted by molar-refractivity contribution is 9.10. The van der Waals surface area contributed by atoms with Gasteiger partial charge in [0, 0.05) is 9.50 Å². The van der Waals surface area contributed by atoms with Crippen LogP contribution in [0, 0.1) is 5.82 Å². The van der Waals surface area contributed by atoms with E-state index < -0.39 is 0 Å². The highest BCUT2D eigenvalue weighted by atomic mass is 79.9. The number of benzene rings is 2. The minimum absolute atomic E-state index is 0.159. The van der Waals surface area contributed by atoms with Gasteiger partial charge in [0.15, 0.2) is 0 Å². The van der Waals surface area contributed by atoms with Gasteiger partial charge in [0.1, 0.15) is 5.82 Å². The van der Waals surface area contributed by atoms with Crippen LogP contribution in [0.3, 0.4) is 0 Å². The van der Waals surface area contributed by atoms with E-state index in [1.165, 1.54) is 12.1 Å². The molecule has 5 heteroatoms. The molecule has 0 spiro atoms. The Morgan fingerprint density at radius 1 is 1.21 bits per heavy atom. The van der Waals surface area contributed by atoms with Gasteiger partial charge in [-0.05, 0) is 47.9 Å². The van der Waals surface area contributed by atoms with Gasteiger partial charge in [0.05, 0.1) is 6.04 Å². The van der Waals surface area contributed by atoms with Gasteiger partial charge in [-0.2, -0.15) is 0 Å². The molecule has 0 saturated carbocycles. The van der Waals surface area contributed by atoms with Crippen molar-refractivity contribution in [1.82, 2.24) is 5.43 Å². The summed E-state index contributed by atoms with van der Waals surface area (Å²) in [6.07, 6.45) is 0.656. The molecule has 1 atom stereocenters. The Bertz CT molecular complexity index is 540. The quantitative estimate of drug-likeness (QED) is 0.651. The molecule has 0 aliphatic carbocycles. The van der Waals surface area contributed by atoms with Crippen molar-refractivity contribution in [2.45, 2.75) is 12.5 Å². The molecule has 0 aliphatic heterocycles. The van der Waals surface area contributed by atoms with Crippen LogP contribution in [0.2, 0.25) is 5.02 Å². The summed E-state index contributed by atoms with van der Waals surface area (Å²) >= 11 is 9.12. The van der Waals surface area contributed by atoms with E-state index >= 15 is 0 Å². The number of hydrogen-bond acceptors (Lipinski definition) is 2. The smallest absolute Gasteiger partial charge is 0.124 e. The molecule has 100 valence electrons. The van der Waals surface area contributed by atoms with Crippen LogP contribution in [0.1, 0.15) is 17.2 Å². The molecule has 2 aromatic carbocycles. The lowest BCUT2D eigenvalue weighted by Crippen LogP contribution is -2.29. The molecule has 0 radical (unpaired) electrons. The molecule has 0 amide bonds. The highest BCUT2D eigenvalue weighted by Gasteiger charge is 2.12. The minimum atomic E-state index is -0.291. The number of halogens is 3. The number of rotatable bonds is 4. The van der Waals surface area contributed by atoms with Crippen molar-refractivity contribution in [3.8, 4) is 0 Å². The number of nitrogens with two attached hydrogens (primary N) is 1. The maximum absolute atomic E-state index is 13.4. The van der Waals surface area contributed by atoms with Crippen molar-refractivity contribution in [2.75, 3.05) is 0 Å². The van der Waals surface area contributed by atoms with Crippen molar-refractivity contribution in [3.05, 3.63) is 68.9 Å². The molecule has 0 saturated heterocycles. The van der Waals surface area contributed by atoms with Crippen LogP contribution >= 0.6 is 27.5 Å². The van der Waals surface area contributed by atoms with Crippen molar-refractivity contribution >= 4 is 27.5 Å². The predicted octanol–water partition coefficient (Wildman–Crippen LogP) is 3.99. The van der Waals surface area contributed by atoms with E-state index in [0.29, 0.717) is 15.9 Å². The molecule has 2 aromatic rings. The van der Waals surface area contributed by atoms with Crippen LogP contribution in [0.4, 0.5) is 4.39 Å². The Balaban J connectivity index is 2.22. The monoisotopic (exact) mass is 342 g/mol. The third kappa shape index (κ3) is 4.01. The summed E-state index contributed by atoms with van der Waals surface area (Å²) < 4.78 is 14.1. The van der Waals surface area contributed by atoms with Gasteiger partial charge < -0.3 is 0 Å². The molecular weight excluding hydrogens is 331 g/mol. The van der Waals surface area contributed by atoms with Crippen LogP contribution < -0.4 is 11.3 Å². The summed E-state index contributed by atoms with van der Waals surface area (Å²) in [5, 5.41) is 0.689. The molecule has 0 aliphatic rings. The average Bonchev–Trinajstić information content (AvgIpc) is 2.37. The van der Waals surface area contributed by atoms with Crippen LogP contribution in [0.5, 0.6) is 0 Å². The lowest BCUT2D eigenvalue weighted by Gasteiger charge is -2.17. The summed E-state index contributed by atoms with van der Waals surface area (Å²) in [7, 11) is 0. The molecule has 19 heavy (non-hydrogen) atoms. The van der Waals surface area contributed by atoms with Gasteiger partial charge in [-0.25, -0.2) is 4.39 Å². The number of hydrazine groups is 1. The zero-order valence-electron chi connectivity index (χ0n) is 10.0. The van der Waals surface area contributed by atoms with Crippen molar-refractivity contribution < 1.29 is 4.39 Å². The SMILES string of the molecule is NNC(Cc1ccc(Cl)cc1)c1cc(F)cc(Br)c1. The summed E-state index contributed by atoms with van der Waals surface area (Å²) in [5.74, 6) is 5.28. The maximum atomic E-state index is 13.4. The minimum Gasteiger partial charge on any atom is -0.271 e. The third-order valence-electron chi connectivity index (χ3n) is 2.84. The largest absolute Gasteiger partial charge is 0.271 e. The van der Waals surface area contributed by atoms with E-state index in [0.717, 1.165) is 11.1 Å². The molecule has 1 unspecified atom stereocenters. The van der Waals surface area contributed by atoms with Gasteiger partial charge >= 0.3 is 0 Å². The summed E-state index contributed by atoms with van der Waals surface area (Å²) in [6.45, 7) is 0. The van der Waals surface area contributed by atoms with Crippen molar-refractivity contribution in [3.63, 3.8) is 0 Å². The summed E-state index contributed by atoms with van der Waals surface area (Å²) in [4.78, 5) is 0. The zero-order chi connectivity index (χ0) is 13.8. The lowest BCUT2D eigenvalue weighted by atomic mass is 9.99. The van der Waals surface area contributed by atoms with E-state index in [-0.39, 0.29) is 11.9 Å². The van der Waals surface area contributed by atoms with Crippen molar-refractivity contribution in [2.24, 2.45) is 5.84 Å². The first-order valence-electron chi connectivity index (χ1n) is 5.75. The van der Waals surface area contributed by atoms with Gasteiger partial charge in [-0.3, -0.25) is 11.3 Å². The first kappa shape index (κ1) is 14.5. The van der Waals surface area contributed by atoms with Crippen molar-refractivity contribution in [1.29, 1.82) is 0 Å². The van der Waals surface area contributed by atoms with Gasteiger partial charge in [-0.1, -0.05) is 39.7 Å². The molecular formula is C14H13BrClFN2. The second-order valence-electron chi connectivity index (χ2n) is 4.25. The lowest BCUT2D eigenvalue weighted by molar-refractivity contribution is 0.544. The fourth-order valence-corrected chi connectivity index (χ4v) is 2.51. The fourth-order valence-electron chi connectivity index (χ4n) is 1.91. The molecule has 0 aromatic heterocycles. The number of nitrogens with one attached hydrogen (secondary N) is 1. The Morgan fingerprint density at radius 3 is 2.47 bits per heavy atom. The second kappa shape index (κ2) is 6.48. The van der Waals surface area contributed by atoms with E-state index in [2.05, 4.69) is 21.4 Å². The average molecular weight is 344 g/mol. The fraction of sp³-hybridized carbons (Fsp3) is 0.143. The third-order valence-corrected chi connectivity index (χ3v) is 3.55. The molecule has 2 nitrogen and oxygen atoms in total. The molecule has 0 bridgehead atoms. The Labute approximate surface area is 124 Å². The first-order chi connectivity index (χ1) is 9.08. The summed E-state index contributed by atoms with van der Waals surface area (Å²) in [5.41, 5.74) is 4.59. The molecule has 3 N–H and O–H groups in total. The zero-order valence-corrected chi connectivity index (χ0v) is 12.4. The second-order valence-corrected chi connectivity index (χ2v) is 5.60. The van der Waals surface area contributed by atoms with E-state index in [9.17, 15) is 4.39 Å². The van der Waals surface area contributed by atoms with Crippen LogP contribution in [-0.4, -0.2) is 0 Å². The maximum Gasteiger partial charge on any atom is 0.124 e. The van der Waals surface area contributed by atoms with Crippen LogP contribution in [0.15, 0.2) is 46.9 Å². The number of hydrogen-bond donors (Lipinski definition) is 2. The van der Waals surface area contributed by atoms with Gasteiger partial charge in [0.2, 0.25) is 0 Å². The van der Waals surface area contributed by atoms with E-state index in [1.54, 1.807) is 0 Å². The Kier molecular flexibility index (Phi) is 4.93. The first-order valence-corrected chi connectivity index (χ1v) is 6.92. The Morgan fingerprint density at radius 2 is 1.89 bits per heavy atom.